The molecule has 7 rings (SSSR count). The third kappa shape index (κ3) is 5.01. The summed E-state index contributed by atoms with van der Waals surface area (Å²) in [6.07, 6.45) is 7.56. The number of nitrogens with one attached hydrogen (secondary N) is 2. The van der Waals surface area contributed by atoms with Crippen molar-refractivity contribution in [2.24, 2.45) is 0 Å². The van der Waals surface area contributed by atoms with Crippen LogP contribution in [0.25, 0.3) is 22.3 Å². The molecule has 1 aromatic carbocycles. The van der Waals surface area contributed by atoms with Gasteiger partial charge in [0, 0.05) is 36.4 Å². The zero-order valence-electron chi connectivity index (χ0n) is 27.1. The lowest BCUT2D eigenvalue weighted by Gasteiger charge is -2.48. The number of imidazole rings is 1. The fraction of sp³-hybridized carbons (Fsp3) is 0.457. The first-order valence-corrected chi connectivity index (χ1v) is 16.3. The summed E-state index contributed by atoms with van der Waals surface area (Å²) < 4.78 is 17.0. The van der Waals surface area contributed by atoms with Crippen molar-refractivity contribution in [2.45, 2.75) is 83.3 Å². The Balaban J connectivity index is 1.27. The first kappa shape index (κ1) is 30.3. The highest BCUT2D eigenvalue weighted by atomic mass is 19.1. The molecule has 3 aliphatic rings. The molecule has 1 aliphatic carbocycles. The molecule has 0 radical (unpaired) electrons. The molecule has 240 valence electrons. The summed E-state index contributed by atoms with van der Waals surface area (Å²) in [6.45, 7) is 10.4. The van der Waals surface area contributed by atoms with Gasteiger partial charge in [0.25, 0.3) is 5.91 Å². The van der Waals surface area contributed by atoms with Crippen molar-refractivity contribution in [2.75, 3.05) is 30.4 Å². The lowest BCUT2D eigenvalue weighted by atomic mass is 9.82. The number of carbonyl (C=O) groups excluding carboxylic acids is 2. The molecule has 0 bridgehead atoms. The number of fused-ring (bicyclic) bond motifs is 2. The van der Waals surface area contributed by atoms with Crippen LogP contribution >= 0.6 is 0 Å². The smallest absolute Gasteiger partial charge is 0.269 e. The van der Waals surface area contributed by atoms with Crippen LogP contribution in [0.1, 0.15) is 81.9 Å². The van der Waals surface area contributed by atoms with E-state index in [-0.39, 0.29) is 29.5 Å². The minimum atomic E-state index is -0.622. The fourth-order valence-corrected chi connectivity index (χ4v) is 7.24. The van der Waals surface area contributed by atoms with E-state index in [1.807, 2.05) is 55.4 Å². The SMILES string of the molecule is CNC(=O)c1ccc(F)c(Nc2nc(-c3ccc4c(c3)N([C@H]3C[C@@H](N5CCCCC5)C3)C(=O)C4(C)C)cc3ncn(C(C)C)c23)n1. The molecule has 1 saturated carbocycles. The maximum absolute atomic E-state index is 15.0. The predicted octanol–water partition coefficient (Wildman–Crippen LogP) is 5.96. The number of hydrogen-bond donors (Lipinski definition) is 2. The Bertz CT molecular complexity index is 1840. The molecule has 46 heavy (non-hydrogen) atoms. The summed E-state index contributed by atoms with van der Waals surface area (Å²) in [6, 6.07) is 11.4. The van der Waals surface area contributed by atoms with Gasteiger partial charge >= 0.3 is 0 Å². The van der Waals surface area contributed by atoms with Gasteiger partial charge in [0.05, 0.1) is 23.0 Å². The molecule has 11 heteroatoms. The van der Waals surface area contributed by atoms with Gasteiger partial charge in [0.2, 0.25) is 5.91 Å². The van der Waals surface area contributed by atoms with E-state index in [0.717, 1.165) is 42.7 Å². The number of amides is 2. The second-order valence-electron chi connectivity index (χ2n) is 13.6. The topological polar surface area (TPSA) is 108 Å². The molecular formula is C35H41FN8O2. The van der Waals surface area contributed by atoms with Crippen molar-refractivity contribution in [3.8, 4) is 11.3 Å². The summed E-state index contributed by atoms with van der Waals surface area (Å²) in [4.78, 5) is 44.7. The molecule has 2 N–H and O–H groups in total. The van der Waals surface area contributed by atoms with Crippen LogP contribution in [0.3, 0.4) is 0 Å². The summed E-state index contributed by atoms with van der Waals surface area (Å²) in [5.41, 5.74) is 4.26. The average molecular weight is 625 g/mol. The number of aromatic nitrogens is 4. The highest BCUT2D eigenvalue weighted by Crippen LogP contribution is 2.48. The number of hydrogen-bond acceptors (Lipinski definition) is 7. The van der Waals surface area contributed by atoms with Gasteiger partial charge in [-0.1, -0.05) is 18.6 Å². The third-order valence-electron chi connectivity index (χ3n) is 9.99. The molecule has 1 saturated heterocycles. The van der Waals surface area contributed by atoms with E-state index in [4.69, 9.17) is 4.98 Å². The molecule has 2 fully saturated rings. The van der Waals surface area contributed by atoms with Crippen molar-refractivity contribution >= 4 is 40.2 Å². The highest BCUT2D eigenvalue weighted by Gasteiger charge is 2.50. The van der Waals surface area contributed by atoms with Gasteiger partial charge in [-0.05, 0) is 96.3 Å². The number of piperidine rings is 1. The predicted molar refractivity (Wildman–Crippen MR) is 177 cm³/mol. The summed E-state index contributed by atoms with van der Waals surface area (Å²) in [5, 5.41) is 5.60. The third-order valence-corrected chi connectivity index (χ3v) is 9.99. The minimum Gasteiger partial charge on any atom is -0.354 e. The second-order valence-corrected chi connectivity index (χ2v) is 13.6. The van der Waals surface area contributed by atoms with E-state index in [9.17, 15) is 9.59 Å². The lowest BCUT2D eigenvalue weighted by molar-refractivity contribution is -0.123. The molecule has 3 aromatic heterocycles. The number of benzene rings is 1. The van der Waals surface area contributed by atoms with Gasteiger partial charge in [-0.2, -0.15) is 0 Å². The van der Waals surface area contributed by atoms with Crippen LogP contribution in [-0.4, -0.2) is 68.5 Å². The second kappa shape index (κ2) is 11.5. The summed E-state index contributed by atoms with van der Waals surface area (Å²) in [5.74, 6) is -0.627. The molecular weight excluding hydrogens is 583 g/mol. The van der Waals surface area contributed by atoms with Crippen LogP contribution in [0.2, 0.25) is 0 Å². The molecule has 0 spiro atoms. The Labute approximate surface area is 268 Å². The normalized spacial score (nSPS) is 21.0. The number of halogens is 1. The van der Waals surface area contributed by atoms with Crippen molar-refractivity contribution in [1.29, 1.82) is 0 Å². The van der Waals surface area contributed by atoms with Crippen LogP contribution in [0.15, 0.2) is 42.7 Å². The quantitative estimate of drug-likeness (QED) is 0.261. The Morgan fingerprint density at radius 2 is 1.76 bits per heavy atom. The highest BCUT2D eigenvalue weighted by molar-refractivity contribution is 6.09. The van der Waals surface area contributed by atoms with Crippen LogP contribution in [0.5, 0.6) is 0 Å². The monoisotopic (exact) mass is 624 g/mol. The van der Waals surface area contributed by atoms with Crippen molar-refractivity contribution < 1.29 is 14.0 Å². The summed E-state index contributed by atoms with van der Waals surface area (Å²) in [7, 11) is 1.50. The van der Waals surface area contributed by atoms with E-state index < -0.39 is 17.1 Å². The average Bonchev–Trinajstić information content (AvgIpc) is 3.55. The van der Waals surface area contributed by atoms with E-state index in [1.165, 1.54) is 38.4 Å². The Kier molecular flexibility index (Phi) is 7.54. The molecule has 4 aromatic rings. The van der Waals surface area contributed by atoms with Gasteiger partial charge in [0.15, 0.2) is 17.5 Å². The first-order valence-electron chi connectivity index (χ1n) is 16.3. The van der Waals surface area contributed by atoms with Crippen LogP contribution in [0.4, 0.5) is 21.7 Å². The van der Waals surface area contributed by atoms with Crippen molar-refractivity contribution in [3.05, 3.63) is 59.8 Å². The van der Waals surface area contributed by atoms with E-state index in [1.54, 1.807) is 6.33 Å². The van der Waals surface area contributed by atoms with E-state index in [0.29, 0.717) is 28.6 Å². The minimum absolute atomic E-state index is 0.0613. The zero-order valence-corrected chi connectivity index (χ0v) is 27.1. The van der Waals surface area contributed by atoms with E-state index in [2.05, 4.69) is 31.6 Å². The fourth-order valence-electron chi connectivity index (χ4n) is 7.24. The maximum atomic E-state index is 15.0. The van der Waals surface area contributed by atoms with Crippen LogP contribution < -0.4 is 15.5 Å². The van der Waals surface area contributed by atoms with Crippen LogP contribution in [0, 0.1) is 5.82 Å². The van der Waals surface area contributed by atoms with Gasteiger partial charge in [-0.15, -0.1) is 0 Å². The van der Waals surface area contributed by atoms with Gasteiger partial charge < -0.3 is 25.0 Å². The number of pyridine rings is 2. The Morgan fingerprint density at radius 1 is 1.00 bits per heavy atom. The molecule has 2 aliphatic heterocycles. The lowest BCUT2D eigenvalue weighted by Crippen LogP contribution is -2.57. The molecule has 10 nitrogen and oxygen atoms in total. The van der Waals surface area contributed by atoms with Crippen LogP contribution in [-0.2, 0) is 10.2 Å². The Hall–Kier alpha value is -4.38. The maximum Gasteiger partial charge on any atom is 0.269 e. The van der Waals surface area contributed by atoms with Gasteiger partial charge in [0.1, 0.15) is 11.2 Å². The molecule has 0 unspecified atom stereocenters. The zero-order chi connectivity index (χ0) is 32.3. The first-order chi connectivity index (χ1) is 22.1. The van der Waals surface area contributed by atoms with E-state index >= 15 is 4.39 Å². The number of likely N-dealkylation sites (tertiary alicyclic amines) is 1. The number of anilines is 3. The number of rotatable bonds is 7. The number of carbonyl (C=O) groups is 2. The standard InChI is InChI=1S/C35H41FN8O2/c1-20(2)43-19-38-28-18-27(40-32(30(28)43)41-31-25(36)11-12-26(39-31)33(45)37-5)21-9-10-24-29(15-21)44(34(46)35(24,3)4)23-16-22(17-23)42-13-7-6-8-14-42/h9-12,15,18-20,22-23H,6-8,13-14,16-17H2,1-5H3,(H,37,45)(H,39,40,41)/t22-,23+. The summed E-state index contributed by atoms with van der Waals surface area (Å²) >= 11 is 0. The number of nitrogens with zero attached hydrogens (tertiary/aromatic N) is 6. The largest absolute Gasteiger partial charge is 0.354 e. The van der Waals surface area contributed by atoms with Gasteiger partial charge in [-0.3, -0.25) is 9.59 Å². The molecule has 5 heterocycles. The Morgan fingerprint density at radius 3 is 2.48 bits per heavy atom. The van der Waals surface area contributed by atoms with Crippen molar-refractivity contribution in [1.82, 2.24) is 29.7 Å². The van der Waals surface area contributed by atoms with Gasteiger partial charge in [-0.25, -0.2) is 19.3 Å². The molecule has 2 amide bonds. The molecule has 0 atom stereocenters. The van der Waals surface area contributed by atoms with Crippen molar-refractivity contribution in [3.63, 3.8) is 0 Å².